The van der Waals surface area contributed by atoms with Gasteiger partial charge in [0.15, 0.2) is 17.5 Å². The zero-order chi connectivity index (χ0) is 28.3. The molecule has 0 saturated heterocycles. The summed E-state index contributed by atoms with van der Waals surface area (Å²) in [5.74, 6) is -0.639. The van der Waals surface area contributed by atoms with Crippen LogP contribution in [-0.2, 0) is 11.3 Å². The first-order chi connectivity index (χ1) is 18.5. The standard InChI is InChI=1S/C27H29ClFN7O2S/c1-6-36-20-9-7-8-19(17(20)14-31-36)33-24-16(13-30)12-18(29)25(35-24)34-23(21-10-11-22(28)39-21)15(2)32-26(37)38-27(3,4)5/h7-12,14-15,23H,6H2,1-5H3,(H,32,37)(H2,33,34,35)/t15-,23-/m0/s1. The second kappa shape index (κ2) is 11.5. The van der Waals surface area contributed by atoms with Crippen molar-refractivity contribution < 1.29 is 13.9 Å². The Hall–Kier alpha value is -3.88. The van der Waals surface area contributed by atoms with Gasteiger partial charge < -0.3 is 20.7 Å². The summed E-state index contributed by atoms with van der Waals surface area (Å²) in [7, 11) is 0. The highest BCUT2D eigenvalue weighted by molar-refractivity contribution is 7.16. The van der Waals surface area contributed by atoms with Crippen molar-refractivity contribution in [3.63, 3.8) is 0 Å². The predicted molar refractivity (Wildman–Crippen MR) is 152 cm³/mol. The maximum Gasteiger partial charge on any atom is 0.407 e. The van der Waals surface area contributed by atoms with Crippen LogP contribution in [0.25, 0.3) is 10.9 Å². The Labute approximate surface area is 234 Å². The average Bonchev–Trinajstić information content (AvgIpc) is 3.49. The minimum absolute atomic E-state index is 0.0357. The average molecular weight is 570 g/mol. The highest BCUT2D eigenvalue weighted by Gasteiger charge is 2.27. The van der Waals surface area contributed by atoms with Crippen LogP contribution in [0.15, 0.2) is 42.6 Å². The van der Waals surface area contributed by atoms with Gasteiger partial charge in [0, 0.05) is 16.8 Å². The molecule has 0 spiro atoms. The molecule has 0 aliphatic carbocycles. The summed E-state index contributed by atoms with van der Waals surface area (Å²) < 4.78 is 23.0. The first-order valence-corrected chi connectivity index (χ1v) is 13.5. The smallest absolute Gasteiger partial charge is 0.407 e. The van der Waals surface area contributed by atoms with Gasteiger partial charge in [-0.25, -0.2) is 14.2 Å². The van der Waals surface area contributed by atoms with Gasteiger partial charge >= 0.3 is 6.09 Å². The van der Waals surface area contributed by atoms with Gasteiger partial charge in [0.1, 0.15) is 11.7 Å². The van der Waals surface area contributed by atoms with E-state index in [1.54, 1.807) is 46.0 Å². The van der Waals surface area contributed by atoms with Gasteiger partial charge in [0.05, 0.1) is 39.4 Å². The summed E-state index contributed by atoms with van der Waals surface area (Å²) in [6, 6.07) is 11.2. The van der Waals surface area contributed by atoms with Gasteiger partial charge in [-0.2, -0.15) is 10.4 Å². The quantitative estimate of drug-likeness (QED) is 0.209. The summed E-state index contributed by atoms with van der Waals surface area (Å²) in [6.07, 6.45) is 1.12. The maximum absolute atomic E-state index is 15.2. The number of carbonyl (C=O) groups excluding carboxylic acids is 1. The molecule has 0 bridgehead atoms. The minimum atomic E-state index is -0.716. The van der Waals surface area contributed by atoms with Crippen LogP contribution >= 0.6 is 22.9 Å². The molecule has 204 valence electrons. The Bertz CT molecular complexity index is 1540. The molecule has 2 atom stereocenters. The molecule has 39 heavy (non-hydrogen) atoms. The Morgan fingerprint density at radius 3 is 2.69 bits per heavy atom. The first kappa shape index (κ1) is 28.1. The van der Waals surface area contributed by atoms with Crippen molar-refractivity contribution in [3.05, 3.63) is 63.2 Å². The molecule has 3 aromatic heterocycles. The molecule has 9 nitrogen and oxygen atoms in total. The fourth-order valence-corrected chi connectivity index (χ4v) is 5.24. The van der Waals surface area contributed by atoms with E-state index in [1.165, 1.54) is 11.3 Å². The number of nitriles is 1. The van der Waals surface area contributed by atoms with Crippen LogP contribution in [-0.4, -0.2) is 32.5 Å². The summed E-state index contributed by atoms with van der Waals surface area (Å²) >= 11 is 7.48. The SMILES string of the molecule is CCn1ncc2c(Nc3nc(N[C@H](c4ccc(Cl)s4)[C@H](C)NC(=O)OC(C)(C)C)c(F)cc3C#N)cccc21. The van der Waals surface area contributed by atoms with Crippen molar-refractivity contribution >= 4 is 57.3 Å². The third-order valence-corrected chi connectivity index (χ3v) is 7.09. The number of fused-ring (bicyclic) bond motifs is 1. The molecule has 0 aliphatic rings. The molecule has 4 aromatic rings. The highest BCUT2D eigenvalue weighted by atomic mass is 35.5. The van der Waals surface area contributed by atoms with E-state index in [1.807, 2.05) is 35.9 Å². The topological polar surface area (TPSA) is 117 Å². The van der Waals surface area contributed by atoms with Gasteiger partial charge in [-0.3, -0.25) is 4.68 Å². The Balaban J connectivity index is 1.67. The minimum Gasteiger partial charge on any atom is -0.444 e. The summed E-state index contributed by atoms with van der Waals surface area (Å²) in [6.45, 7) is 9.76. The second-order valence-electron chi connectivity index (χ2n) is 9.85. The van der Waals surface area contributed by atoms with Gasteiger partial charge in [-0.05, 0) is 65.0 Å². The van der Waals surface area contributed by atoms with Crippen molar-refractivity contribution in [3.8, 4) is 6.07 Å². The number of pyridine rings is 1. The number of halogens is 2. The highest BCUT2D eigenvalue weighted by Crippen LogP contribution is 2.34. The van der Waals surface area contributed by atoms with Crippen molar-refractivity contribution in [2.24, 2.45) is 0 Å². The number of anilines is 3. The lowest BCUT2D eigenvalue weighted by molar-refractivity contribution is 0.0503. The molecule has 4 rings (SSSR count). The Morgan fingerprint density at radius 2 is 2.05 bits per heavy atom. The fraction of sp³-hybridized carbons (Fsp3) is 0.333. The van der Waals surface area contributed by atoms with Gasteiger partial charge in [-0.15, -0.1) is 11.3 Å². The normalized spacial score (nSPS) is 13.0. The third-order valence-electron chi connectivity index (χ3n) is 5.77. The number of ether oxygens (including phenoxy) is 1. The van der Waals surface area contributed by atoms with Crippen LogP contribution in [0.5, 0.6) is 0 Å². The van der Waals surface area contributed by atoms with Crippen LogP contribution in [0, 0.1) is 17.1 Å². The fourth-order valence-electron chi connectivity index (χ4n) is 4.02. The van der Waals surface area contributed by atoms with Crippen molar-refractivity contribution in [2.75, 3.05) is 10.6 Å². The lowest BCUT2D eigenvalue weighted by Gasteiger charge is -2.28. The second-order valence-corrected chi connectivity index (χ2v) is 11.6. The van der Waals surface area contributed by atoms with Crippen LogP contribution in [0.3, 0.4) is 0 Å². The zero-order valence-electron chi connectivity index (χ0n) is 22.2. The summed E-state index contributed by atoms with van der Waals surface area (Å²) in [5, 5.41) is 24.0. The number of nitrogens with one attached hydrogen (secondary N) is 3. The molecule has 0 radical (unpaired) electrons. The zero-order valence-corrected chi connectivity index (χ0v) is 23.7. The van der Waals surface area contributed by atoms with Crippen molar-refractivity contribution in [1.82, 2.24) is 20.1 Å². The van der Waals surface area contributed by atoms with Crippen LogP contribution < -0.4 is 16.0 Å². The van der Waals surface area contributed by atoms with E-state index in [0.29, 0.717) is 16.6 Å². The van der Waals surface area contributed by atoms with E-state index < -0.39 is 29.6 Å². The van der Waals surface area contributed by atoms with E-state index in [9.17, 15) is 10.1 Å². The molecule has 3 heterocycles. The summed E-state index contributed by atoms with van der Waals surface area (Å²) in [4.78, 5) is 17.7. The van der Waals surface area contributed by atoms with Crippen molar-refractivity contribution in [1.29, 1.82) is 5.26 Å². The van der Waals surface area contributed by atoms with E-state index in [0.717, 1.165) is 21.8 Å². The number of hydrogen-bond donors (Lipinski definition) is 3. The molecule has 0 unspecified atom stereocenters. The molecule has 3 N–H and O–H groups in total. The molecule has 12 heteroatoms. The van der Waals surface area contributed by atoms with Gasteiger partial charge in [-0.1, -0.05) is 17.7 Å². The number of alkyl carbamates (subject to hydrolysis) is 1. The summed E-state index contributed by atoms with van der Waals surface area (Å²) in [5.41, 5.74) is 0.943. The number of hydrogen-bond acceptors (Lipinski definition) is 8. The van der Waals surface area contributed by atoms with Crippen LogP contribution in [0.2, 0.25) is 4.34 Å². The number of aromatic nitrogens is 3. The monoisotopic (exact) mass is 569 g/mol. The maximum atomic E-state index is 15.2. The third kappa shape index (κ3) is 6.58. The number of aryl methyl sites for hydroxylation is 1. The lowest BCUT2D eigenvalue weighted by atomic mass is 10.1. The Morgan fingerprint density at radius 1 is 1.28 bits per heavy atom. The molecule has 1 amide bonds. The molecule has 0 fully saturated rings. The number of carbonyl (C=O) groups is 1. The lowest BCUT2D eigenvalue weighted by Crippen LogP contribution is -2.42. The first-order valence-electron chi connectivity index (χ1n) is 12.3. The molecular formula is C27H29ClFN7O2S. The number of thiophene rings is 1. The number of nitrogens with zero attached hydrogens (tertiary/aromatic N) is 4. The number of benzene rings is 1. The van der Waals surface area contributed by atoms with Crippen molar-refractivity contribution in [2.45, 2.75) is 58.8 Å². The van der Waals surface area contributed by atoms with E-state index >= 15 is 4.39 Å². The van der Waals surface area contributed by atoms with Gasteiger partial charge in [0.2, 0.25) is 0 Å². The number of amides is 1. The molecule has 0 saturated carbocycles. The predicted octanol–water partition coefficient (Wildman–Crippen LogP) is 6.99. The van der Waals surface area contributed by atoms with Gasteiger partial charge in [0.25, 0.3) is 0 Å². The molecule has 1 aromatic carbocycles. The van der Waals surface area contributed by atoms with E-state index in [2.05, 4.69) is 26.0 Å². The molecular weight excluding hydrogens is 541 g/mol. The number of rotatable bonds is 8. The van der Waals surface area contributed by atoms with E-state index in [-0.39, 0.29) is 17.2 Å². The largest absolute Gasteiger partial charge is 0.444 e. The van der Waals surface area contributed by atoms with Crippen LogP contribution in [0.1, 0.15) is 51.1 Å². The van der Waals surface area contributed by atoms with E-state index in [4.69, 9.17) is 16.3 Å². The van der Waals surface area contributed by atoms with Crippen LogP contribution in [0.4, 0.5) is 26.5 Å². The Kier molecular flexibility index (Phi) is 8.28. The molecule has 0 aliphatic heterocycles.